The smallest absolute Gasteiger partial charge is 0.128 e. The Hall–Kier alpha value is -0.350. The van der Waals surface area contributed by atoms with Gasteiger partial charge in [-0.1, -0.05) is 30.5 Å². The summed E-state index contributed by atoms with van der Waals surface area (Å²) >= 11 is 0. The Morgan fingerprint density at radius 1 is 1.14 bits per heavy atom. The Morgan fingerprint density at radius 3 is 2.41 bits per heavy atom. The van der Waals surface area contributed by atoms with E-state index in [9.17, 15) is 4.39 Å². The highest BCUT2D eigenvalue weighted by molar-refractivity contribution is 5.85. The second-order valence-electron chi connectivity index (χ2n) is 6.30. The Morgan fingerprint density at radius 2 is 1.77 bits per heavy atom. The first kappa shape index (κ1) is 19.7. The lowest BCUT2D eigenvalue weighted by Crippen LogP contribution is -2.46. The number of aryl methyl sites for hydroxylation is 1. The highest BCUT2D eigenvalue weighted by atomic mass is 35.5. The molecule has 5 heteroatoms. The van der Waals surface area contributed by atoms with Crippen LogP contribution < -0.4 is 5.32 Å². The molecule has 1 N–H and O–H groups in total. The third-order valence-electron chi connectivity index (χ3n) is 4.86. The van der Waals surface area contributed by atoms with Gasteiger partial charge in [-0.15, -0.1) is 24.8 Å². The van der Waals surface area contributed by atoms with E-state index in [0.29, 0.717) is 5.92 Å². The van der Waals surface area contributed by atoms with Gasteiger partial charge < -0.3 is 5.32 Å². The number of benzene rings is 1. The van der Waals surface area contributed by atoms with Crippen molar-refractivity contribution in [2.45, 2.75) is 38.6 Å². The molecule has 2 fully saturated rings. The van der Waals surface area contributed by atoms with E-state index in [-0.39, 0.29) is 36.7 Å². The van der Waals surface area contributed by atoms with E-state index in [2.05, 4.69) is 23.2 Å². The maximum absolute atomic E-state index is 14.4. The lowest BCUT2D eigenvalue weighted by molar-refractivity contribution is 0.122. The van der Waals surface area contributed by atoms with Crippen molar-refractivity contribution in [2.24, 2.45) is 5.92 Å². The number of piperazine rings is 1. The van der Waals surface area contributed by atoms with Gasteiger partial charge in [-0.05, 0) is 31.7 Å². The van der Waals surface area contributed by atoms with Gasteiger partial charge in [-0.25, -0.2) is 4.39 Å². The van der Waals surface area contributed by atoms with Crippen LogP contribution in [0.4, 0.5) is 4.39 Å². The van der Waals surface area contributed by atoms with Gasteiger partial charge in [0.2, 0.25) is 0 Å². The number of nitrogens with one attached hydrogen (secondary N) is 1. The summed E-state index contributed by atoms with van der Waals surface area (Å²) in [6.45, 7) is 6.18. The van der Waals surface area contributed by atoms with E-state index >= 15 is 0 Å². The summed E-state index contributed by atoms with van der Waals surface area (Å²) in [7, 11) is 0. The third-order valence-corrected chi connectivity index (χ3v) is 4.86. The number of hydrogen-bond donors (Lipinski definition) is 1. The van der Waals surface area contributed by atoms with Crippen molar-refractivity contribution in [1.82, 2.24) is 10.2 Å². The van der Waals surface area contributed by atoms with E-state index in [4.69, 9.17) is 0 Å². The van der Waals surface area contributed by atoms with E-state index in [1.807, 2.05) is 6.07 Å². The second kappa shape index (κ2) is 9.07. The minimum Gasteiger partial charge on any atom is -0.314 e. The average Bonchev–Trinajstić information content (AvgIpc) is 2.98. The quantitative estimate of drug-likeness (QED) is 0.883. The van der Waals surface area contributed by atoms with Gasteiger partial charge in [0.25, 0.3) is 0 Å². The molecule has 126 valence electrons. The zero-order valence-corrected chi connectivity index (χ0v) is 14.8. The molecule has 0 bridgehead atoms. The molecule has 3 rings (SSSR count). The summed E-state index contributed by atoms with van der Waals surface area (Å²) in [5, 5.41) is 3.40. The monoisotopic (exact) mass is 348 g/mol. The van der Waals surface area contributed by atoms with Crippen LogP contribution in [0.5, 0.6) is 0 Å². The van der Waals surface area contributed by atoms with Crippen molar-refractivity contribution < 1.29 is 4.39 Å². The largest absolute Gasteiger partial charge is 0.314 e. The Kier molecular flexibility index (Phi) is 8.12. The standard InChI is InChI=1S/C17H25FN2.2ClH/c1-13-6-7-16(18)15(12-13)17(14-4-2-3-5-14)20-10-8-19-9-11-20;;/h6-7,12,14,17,19H,2-5,8-11H2,1H3;2*1H/t17-;;/m1../s1. The molecule has 2 aliphatic rings. The van der Waals surface area contributed by atoms with Gasteiger partial charge in [-0.2, -0.15) is 0 Å². The van der Waals surface area contributed by atoms with Crippen LogP contribution in [-0.2, 0) is 0 Å². The molecule has 1 aromatic carbocycles. The molecule has 0 radical (unpaired) electrons. The van der Waals surface area contributed by atoms with Crippen LogP contribution in [0.1, 0.15) is 42.9 Å². The fourth-order valence-corrected chi connectivity index (χ4v) is 3.87. The van der Waals surface area contributed by atoms with Crippen LogP contribution >= 0.6 is 24.8 Å². The first-order chi connectivity index (χ1) is 9.75. The number of rotatable bonds is 3. The minimum absolute atomic E-state index is 0. The number of nitrogens with zero attached hydrogens (tertiary/aromatic N) is 1. The number of hydrogen-bond acceptors (Lipinski definition) is 2. The summed E-state index contributed by atoms with van der Waals surface area (Å²) in [6.07, 6.45) is 5.12. The highest BCUT2D eigenvalue weighted by Crippen LogP contribution is 2.40. The molecule has 0 spiro atoms. The first-order valence-electron chi connectivity index (χ1n) is 7.96. The molecule has 1 saturated carbocycles. The Bertz CT molecular complexity index is 458. The molecule has 1 saturated heterocycles. The maximum Gasteiger partial charge on any atom is 0.128 e. The molecular weight excluding hydrogens is 322 g/mol. The molecule has 2 nitrogen and oxygen atoms in total. The molecule has 0 amide bonds. The summed E-state index contributed by atoms with van der Waals surface area (Å²) in [6, 6.07) is 5.87. The van der Waals surface area contributed by atoms with Gasteiger partial charge >= 0.3 is 0 Å². The van der Waals surface area contributed by atoms with Crippen LogP contribution in [-0.4, -0.2) is 31.1 Å². The molecule has 0 aromatic heterocycles. The molecule has 22 heavy (non-hydrogen) atoms. The van der Waals surface area contributed by atoms with E-state index in [1.165, 1.54) is 31.2 Å². The van der Waals surface area contributed by atoms with E-state index < -0.39 is 0 Å². The van der Waals surface area contributed by atoms with Crippen molar-refractivity contribution in [3.8, 4) is 0 Å². The maximum atomic E-state index is 14.4. The minimum atomic E-state index is -0.0222. The number of halogens is 3. The Labute approximate surface area is 145 Å². The summed E-state index contributed by atoms with van der Waals surface area (Å²) in [5.74, 6) is 0.607. The van der Waals surface area contributed by atoms with Gasteiger partial charge in [0.05, 0.1) is 0 Å². The fraction of sp³-hybridized carbons (Fsp3) is 0.647. The summed E-state index contributed by atoms with van der Waals surface area (Å²) < 4.78 is 14.4. The van der Waals surface area contributed by atoms with Crippen LogP contribution in [0.2, 0.25) is 0 Å². The van der Waals surface area contributed by atoms with Crippen LogP contribution in [0.15, 0.2) is 18.2 Å². The van der Waals surface area contributed by atoms with Crippen LogP contribution in [0, 0.1) is 18.7 Å². The molecule has 1 heterocycles. The Balaban J connectivity index is 0.00000121. The third kappa shape index (κ3) is 4.35. The first-order valence-corrected chi connectivity index (χ1v) is 7.96. The van der Waals surface area contributed by atoms with Crippen molar-refractivity contribution >= 4 is 24.8 Å². The highest BCUT2D eigenvalue weighted by Gasteiger charge is 2.33. The van der Waals surface area contributed by atoms with Crippen LogP contribution in [0.3, 0.4) is 0 Å². The zero-order chi connectivity index (χ0) is 13.9. The van der Waals surface area contributed by atoms with Crippen molar-refractivity contribution in [2.75, 3.05) is 26.2 Å². The van der Waals surface area contributed by atoms with E-state index in [1.54, 1.807) is 6.07 Å². The summed E-state index contributed by atoms with van der Waals surface area (Å²) in [4.78, 5) is 2.50. The van der Waals surface area contributed by atoms with Crippen molar-refractivity contribution in [1.29, 1.82) is 0 Å². The average molecular weight is 349 g/mol. The van der Waals surface area contributed by atoms with E-state index in [0.717, 1.165) is 31.7 Å². The van der Waals surface area contributed by atoms with Crippen molar-refractivity contribution in [3.05, 3.63) is 35.1 Å². The van der Waals surface area contributed by atoms with Gasteiger partial charge in [0, 0.05) is 37.8 Å². The molecular formula is C17H27Cl2FN2. The molecule has 1 atom stereocenters. The van der Waals surface area contributed by atoms with Gasteiger partial charge in [-0.3, -0.25) is 4.90 Å². The van der Waals surface area contributed by atoms with Gasteiger partial charge in [0.15, 0.2) is 0 Å². The molecule has 1 aliphatic heterocycles. The predicted octanol–water partition coefficient (Wildman–Crippen LogP) is 4.11. The van der Waals surface area contributed by atoms with Crippen molar-refractivity contribution in [3.63, 3.8) is 0 Å². The predicted molar refractivity (Wildman–Crippen MR) is 94.8 cm³/mol. The lowest BCUT2D eigenvalue weighted by Gasteiger charge is -2.39. The lowest BCUT2D eigenvalue weighted by atomic mass is 9.88. The summed E-state index contributed by atoms with van der Waals surface area (Å²) in [5.41, 5.74) is 2.10. The van der Waals surface area contributed by atoms with Gasteiger partial charge in [0.1, 0.15) is 5.82 Å². The molecule has 1 aliphatic carbocycles. The second-order valence-corrected chi connectivity index (χ2v) is 6.30. The SMILES string of the molecule is Cc1ccc(F)c([C@@H](C2CCCC2)N2CCNCC2)c1.Cl.Cl. The fourth-order valence-electron chi connectivity index (χ4n) is 3.87. The molecule has 0 unspecified atom stereocenters. The van der Waals surface area contributed by atoms with Crippen LogP contribution in [0.25, 0.3) is 0 Å². The zero-order valence-electron chi connectivity index (χ0n) is 13.2. The normalized spacial score (nSPS) is 21.0. The molecule has 1 aromatic rings. The topological polar surface area (TPSA) is 15.3 Å².